The summed E-state index contributed by atoms with van der Waals surface area (Å²) in [6, 6.07) is 14.5. The molecule has 29 heavy (non-hydrogen) atoms. The summed E-state index contributed by atoms with van der Waals surface area (Å²) in [5, 5.41) is 9.89. The first-order valence-electron chi connectivity index (χ1n) is 9.80. The molecule has 0 aliphatic carbocycles. The minimum absolute atomic E-state index is 0.0522. The van der Waals surface area contributed by atoms with Gasteiger partial charge < -0.3 is 4.90 Å². The van der Waals surface area contributed by atoms with Crippen LogP contribution >= 0.6 is 0 Å². The fraction of sp³-hybridized carbons (Fsp3) is 0.304. The molecular weight excluding hydrogens is 362 g/mol. The zero-order valence-corrected chi connectivity index (χ0v) is 16.5. The highest BCUT2D eigenvalue weighted by molar-refractivity contribution is 5.97. The maximum Gasteiger partial charge on any atom is 0.257 e. The number of hydrogen-bond acceptors (Lipinski definition) is 4. The van der Waals surface area contributed by atoms with Crippen molar-refractivity contribution in [1.29, 1.82) is 5.26 Å². The van der Waals surface area contributed by atoms with Crippen LogP contribution in [-0.2, 0) is 6.42 Å². The lowest BCUT2D eigenvalue weighted by Crippen LogP contribution is -2.43. The number of benzene rings is 1. The van der Waals surface area contributed by atoms with E-state index >= 15 is 0 Å². The first-order chi connectivity index (χ1) is 14.1. The molecule has 1 aromatic carbocycles. The quantitative estimate of drug-likeness (QED) is 0.688. The van der Waals surface area contributed by atoms with Crippen LogP contribution in [0.15, 0.2) is 61.3 Å². The van der Waals surface area contributed by atoms with Crippen molar-refractivity contribution in [3.63, 3.8) is 0 Å². The number of rotatable bonds is 4. The number of pyridine rings is 1. The van der Waals surface area contributed by atoms with E-state index in [9.17, 15) is 10.1 Å². The molecule has 0 saturated carbocycles. The van der Waals surface area contributed by atoms with E-state index in [2.05, 4.69) is 47.2 Å². The van der Waals surface area contributed by atoms with Crippen LogP contribution in [0.1, 0.15) is 34.3 Å². The third kappa shape index (κ3) is 3.90. The van der Waals surface area contributed by atoms with Gasteiger partial charge in [-0.3, -0.25) is 9.36 Å². The zero-order valence-electron chi connectivity index (χ0n) is 16.5. The van der Waals surface area contributed by atoms with Crippen molar-refractivity contribution < 1.29 is 4.79 Å². The molecule has 0 unspecified atom stereocenters. The third-order valence-corrected chi connectivity index (χ3v) is 5.67. The number of aromatic nitrogens is 3. The summed E-state index contributed by atoms with van der Waals surface area (Å²) in [7, 11) is 0. The van der Waals surface area contributed by atoms with E-state index in [0.29, 0.717) is 37.3 Å². The number of piperidine rings is 1. The first-order valence-corrected chi connectivity index (χ1v) is 9.80. The number of carbonyl (C=O) groups excluding carboxylic acids is 1. The zero-order chi connectivity index (χ0) is 20.3. The predicted octanol–water partition coefficient (Wildman–Crippen LogP) is 3.56. The summed E-state index contributed by atoms with van der Waals surface area (Å²) in [5.41, 5.74) is 2.51. The molecule has 0 radical (unpaired) electrons. The molecule has 1 fully saturated rings. The largest absolute Gasteiger partial charge is 0.338 e. The molecule has 1 saturated heterocycles. The van der Waals surface area contributed by atoms with E-state index in [1.807, 2.05) is 4.90 Å². The fourth-order valence-electron chi connectivity index (χ4n) is 3.89. The molecule has 6 nitrogen and oxygen atoms in total. The lowest BCUT2D eigenvalue weighted by atomic mass is 9.75. The summed E-state index contributed by atoms with van der Waals surface area (Å²) < 4.78 is 1.74. The van der Waals surface area contributed by atoms with Gasteiger partial charge in [-0.25, -0.2) is 9.97 Å². The van der Waals surface area contributed by atoms with Crippen LogP contribution in [0.4, 0.5) is 0 Å². The van der Waals surface area contributed by atoms with Crippen LogP contribution in [0.2, 0.25) is 0 Å². The van der Waals surface area contributed by atoms with Crippen molar-refractivity contribution >= 4 is 5.91 Å². The Bertz CT molecular complexity index is 1030. The van der Waals surface area contributed by atoms with Gasteiger partial charge in [0.15, 0.2) is 5.82 Å². The number of nitrogens with zero attached hydrogens (tertiary/aromatic N) is 5. The summed E-state index contributed by atoms with van der Waals surface area (Å²) >= 11 is 0. The SMILES string of the molecule is Cc1ccc(CC2(C#N)CCN(C(=O)c3cccnc3-n3ccnc3)CC2)cc1. The van der Waals surface area contributed by atoms with Crippen molar-refractivity contribution in [3.8, 4) is 11.9 Å². The van der Waals surface area contributed by atoms with Crippen LogP contribution in [0.25, 0.3) is 5.82 Å². The molecule has 3 heterocycles. The van der Waals surface area contributed by atoms with Crippen molar-refractivity contribution in [1.82, 2.24) is 19.4 Å². The number of imidazole rings is 1. The lowest BCUT2D eigenvalue weighted by Gasteiger charge is -2.37. The summed E-state index contributed by atoms with van der Waals surface area (Å²) in [5.74, 6) is 0.524. The van der Waals surface area contributed by atoms with Crippen molar-refractivity contribution in [2.45, 2.75) is 26.2 Å². The van der Waals surface area contributed by atoms with Crippen LogP contribution in [-0.4, -0.2) is 38.4 Å². The molecule has 1 aliphatic heterocycles. The van der Waals surface area contributed by atoms with Crippen LogP contribution in [0.5, 0.6) is 0 Å². The molecule has 4 rings (SSSR count). The number of likely N-dealkylation sites (tertiary alicyclic amines) is 1. The topological polar surface area (TPSA) is 74.8 Å². The maximum atomic E-state index is 13.2. The minimum atomic E-state index is -0.422. The third-order valence-electron chi connectivity index (χ3n) is 5.67. The molecule has 6 heteroatoms. The van der Waals surface area contributed by atoms with Gasteiger partial charge in [0.2, 0.25) is 0 Å². The summed E-state index contributed by atoms with van der Waals surface area (Å²) in [6.45, 7) is 3.19. The Kier molecular flexibility index (Phi) is 5.13. The fourth-order valence-corrected chi connectivity index (χ4v) is 3.89. The molecule has 0 spiro atoms. The van der Waals surface area contributed by atoms with Crippen LogP contribution in [0, 0.1) is 23.7 Å². The molecule has 146 valence electrons. The van der Waals surface area contributed by atoms with E-state index in [1.165, 1.54) is 11.1 Å². The van der Waals surface area contributed by atoms with E-state index < -0.39 is 5.41 Å². The molecule has 3 aromatic rings. The van der Waals surface area contributed by atoms with Crippen LogP contribution in [0.3, 0.4) is 0 Å². The number of hydrogen-bond donors (Lipinski definition) is 0. The van der Waals surface area contributed by atoms with Gasteiger partial charge in [-0.2, -0.15) is 5.26 Å². The number of aryl methyl sites for hydroxylation is 1. The first kappa shape index (κ1) is 18.9. The second-order valence-corrected chi connectivity index (χ2v) is 7.69. The normalized spacial score (nSPS) is 15.7. The van der Waals surface area contributed by atoms with Gasteiger partial charge in [-0.05, 0) is 43.9 Å². The van der Waals surface area contributed by atoms with E-state index in [-0.39, 0.29) is 5.91 Å². The van der Waals surface area contributed by atoms with Crippen molar-refractivity contribution in [3.05, 3.63) is 78.0 Å². The molecule has 1 aliphatic rings. The molecular formula is C23H23N5O. The number of carbonyl (C=O) groups is 1. The Labute approximate surface area is 170 Å². The lowest BCUT2D eigenvalue weighted by molar-refractivity contribution is 0.0647. The second kappa shape index (κ2) is 7.88. The van der Waals surface area contributed by atoms with Gasteiger partial charge in [0.1, 0.15) is 6.33 Å². The summed E-state index contributed by atoms with van der Waals surface area (Å²) in [4.78, 5) is 23.4. The van der Waals surface area contributed by atoms with Gasteiger partial charge in [-0.1, -0.05) is 29.8 Å². The number of nitriles is 1. The van der Waals surface area contributed by atoms with E-state index in [1.54, 1.807) is 41.6 Å². The monoisotopic (exact) mass is 385 g/mol. The van der Waals surface area contributed by atoms with E-state index in [4.69, 9.17) is 0 Å². The maximum absolute atomic E-state index is 13.2. The molecule has 0 atom stereocenters. The molecule has 1 amide bonds. The van der Waals surface area contributed by atoms with Crippen molar-refractivity contribution in [2.24, 2.45) is 5.41 Å². The molecule has 0 N–H and O–H groups in total. The molecule has 2 aromatic heterocycles. The van der Waals surface area contributed by atoms with Gasteiger partial charge in [0.25, 0.3) is 5.91 Å². The average Bonchev–Trinajstić information content (AvgIpc) is 3.30. The highest BCUT2D eigenvalue weighted by Gasteiger charge is 2.37. The Balaban J connectivity index is 1.49. The Morgan fingerprint density at radius 1 is 1.17 bits per heavy atom. The Morgan fingerprint density at radius 3 is 2.59 bits per heavy atom. The average molecular weight is 385 g/mol. The summed E-state index contributed by atoms with van der Waals surface area (Å²) in [6.07, 6.45) is 8.81. The van der Waals surface area contributed by atoms with Gasteiger partial charge >= 0.3 is 0 Å². The predicted molar refractivity (Wildman–Crippen MR) is 109 cm³/mol. The smallest absolute Gasteiger partial charge is 0.257 e. The highest BCUT2D eigenvalue weighted by Crippen LogP contribution is 2.35. The standard InChI is InChI=1S/C23H23N5O/c1-18-4-6-19(7-5-18)15-23(16-24)8-12-27(13-9-23)22(29)20-3-2-10-26-21(20)28-14-11-25-17-28/h2-7,10-11,14,17H,8-9,12-13,15H2,1H3. The Morgan fingerprint density at radius 2 is 1.93 bits per heavy atom. The molecule has 0 bridgehead atoms. The van der Waals surface area contributed by atoms with Crippen molar-refractivity contribution in [2.75, 3.05) is 13.1 Å². The van der Waals surface area contributed by atoms with Gasteiger partial charge in [0, 0.05) is 31.7 Å². The van der Waals surface area contributed by atoms with Crippen LogP contribution < -0.4 is 0 Å². The number of amides is 1. The Hall–Kier alpha value is -3.46. The second-order valence-electron chi connectivity index (χ2n) is 7.69. The van der Waals surface area contributed by atoms with Gasteiger partial charge in [0.05, 0.1) is 17.0 Å². The van der Waals surface area contributed by atoms with E-state index in [0.717, 1.165) is 6.42 Å². The minimum Gasteiger partial charge on any atom is -0.338 e. The highest BCUT2D eigenvalue weighted by atomic mass is 16.2. The van der Waals surface area contributed by atoms with Gasteiger partial charge in [-0.15, -0.1) is 0 Å².